The maximum absolute atomic E-state index is 13.2. The van der Waals surface area contributed by atoms with Crippen LogP contribution in [-0.2, 0) is 9.59 Å². The molecule has 5 heteroatoms. The van der Waals surface area contributed by atoms with Gasteiger partial charge in [-0.3, -0.25) is 9.59 Å². The summed E-state index contributed by atoms with van der Waals surface area (Å²) in [7, 11) is 0. The van der Waals surface area contributed by atoms with Gasteiger partial charge in [0, 0.05) is 17.6 Å². The van der Waals surface area contributed by atoms with Crippen molar-refractivity contribution in [2.45, 2.75) is 12.8 Å². The van der Waals surface area contributed by atoms with Gasteiger partial charge in [-0.2, -0.15) is 0 Å². The highest BCUT2D eigenvalue weighted by Crippen LogP contribution is 2.36. The number of likely N-dealkylation sites (tertiary alicyclic amines) is 1. The average Bonchev–Trinajstić information content (AvgIpc) is 3.23. The number of hydrogen-bond donors (Lipinski definition) is 0. The molecular weight excluding hydrogens is 380 g/mol. The van der Waals surface area contributed by atoms with Gasteiger partial charge in [-0.25, -0.2) is 4.90 Å². The standard InChI is InChI=1S/C20H17BrN2O2/c21-15-8-10-16(11-9-15)23-19(24)17(14-6-2-1-3-7-14)18(20(23)25)22-12-4-5-13-22/h1-3,6-11H,4-5,12-13H2. The van der Waals surface area contributed by atoms with Gasteiger partial charge in [-0.15, -0.1) is 0 Å². The SMILES string of the molecule is O=C1C(c2ccccc2)=C(N2CCCC2)C(=O)N1c1ccc(Br)cc1. The molecule has 25 heavy (non-hydrogen) atoms. The maximum Gasteiger partial charge on any atom is 0.282 e. The van der Waals surface area contributed by atoms with E-state index in [0.717, 1.165) is 36.0 Å². The summed E-state index contributed by atoms with van der Waals surface area (Å²) < 4.78 is 0.909. The number of anilines is 1. The quantitative estimate of drug-likeness (QED) is 0.740. The van der Waals surface area contributed by atoms with Crippen molar-refractivity contribution in [2.75, 3.05) is 18.0 Å². The zero-order valence-corrected chi connectivity index (χ0v) is 15.2. The van der Waals surface area contributed by atoms with Gasteiger partial charge >= 0.3 is 0 Å². The van der Waals surface area contributed by atoms with Crippen LogP contribution in [0, 0.1) is 0 Å². The fourth-order valence-electron chi connectivity index (χ4n) is 3.44. The molecule has 0 N–H and O–H groups in total. The molecule has 126 valence electrons. The Kier molecular flexibility index (Phi) is 4.17. The van der Waals surface area contributed by atoms with Crippen LogP contribution in [0.5, 0.6) is 0 Å². The summed E-state index contributed by atoms with van der Waals surface area (Å²) in [5, 5.41) is 0. The van der Waals surface area contributed by atoms with Crippen molar-refractivity contribution in [3.63, 3.8) is 0 Å². The third-order valence-corrected chi connectivity index (χ3v) is 5.16. The maximum atomic E-state index is 13.2. The van der Waals surface area contributed by atoms with Crippen LogP contribution < -0.4 is 4.90 Å². The monoisotopic (exact) mass is 396 g/mol. The van der Waals surface area contributed by atoms with E-state index in [9.17, 15) is 9.59 Å². The zero-order valence-electron chi connectivity index (χ0n) is 13.6. The molecule has 2 heterocycles. The van der Waals surface area contributed by atoms with Crippen LogP contribution in [0.2, 0.25) is 0 Å². The molecule has 0 radical (unpaired) electrons. The predicted octanol–water partition coefficient (Wildman–Crippen LogP) is 3.83. The first-order chi connectivity index (χ1) is 12.2. The average molecular weight is 397 g/mol. The Hall–Kier alpha value is -2.40. The molecule has 2 aromatic rings. The van der Waals surface area contributed by atoms with Crippen molar-refractivity contribution in [3.05, 3.63) is 70.3 Å². The molecule has 4 nitrogen and oxygen atoms in total. The molecule has 0 spiro atoms. The molecule has 2 aliphatic heterocycles. The topological polar surface area (TPSA) is 40.6 Å². The van der Waals surface area contributed by atoms with Gasteiger partial charge in [0.05, 0.1) is 11.3 Å². The van der Waals surface area contributed by atoms with Crippen LogP contribution in [0.15, 0.2) is 64.8 Å². The van der Waals surface area contributed by atoms with Crippen LogP contribution in [0.25, 0.3) is 5.57 Å². The number of amides is 2. The van der Waals surface area contributed by atoms with Gasteiger partial charge in [0.25, 0.3) is 11.8 Å². The summed E-state index contributed by atoms with van der Waals surface area (Å²) in [5.74, 6) is -0.478. The van der Waals surface area contributed by atoms with Crippen molar-refractivity contribution < 1.29 is 9.59 Å². The number of carbonyl (C=O) groups is 2. The van der Waals surface area contributed by atoms with Crippen molar-refractivity contribution >= 4 is 39.0 Å². The van der Waals surface area contributed by atoms with Gasteiger partial charge < -0.3 is 4.90 Å². The Morgan fingerprint density at radius 3 is 2.08 bits per heavy atom. The highest BCUT2D eigenvalue weighted by molar-refractivity contribution is 9.10. The molecule has 0 saturated carbocycles. The summed E-state index contributed by atoms with van der Waals surface area (Å²) in [6, 6.07) is 16.7. The summed E-state index contributed by atoms with van der Waals surface area (Å²) in [4.78, 5) is 29.7. The van der Waals surface area contributed by atoms with Crippen LogP contribution >= 0.6 is 15.9 Å². The number of carbonyl (C=O) groups excluding carboxylic acids is 2. The van der Waals surface area contributed by atoms with Gasteiger partial charge in [0.1, 0.15) is 5.70 Å². The first-order valence-electron chi connectivity index (χ1n) is 8.36. The van der Waals surface area contributed by atoms with Crippen LogP contribution in [-0.4, -0.2) is 29.8 Å². The van der Waals surface area contributed by atoms with Gasteiger partial charge in [0.15, 0.2) is 0 Å². The van der Waals surface area contributed by atoms with E-state index in [2.05, 4.69) is 20.8 Å². The first-order valence-corrected chi connectivity index (χ1v) is 9.15. The fraction of sp³-hybridized carbons (Fsp3) is 0.200. The highest BCUT2D eigenvalue weighted by Gasteiger charge is 2.42. The van der Waals surface area contributed by atoms with Crippen LogP contribution in [0.3, 0.4) is 0 Å². The molecular formula is C20H17BrN2O2. The van der Waals surface area contributed by atoms with Crippen molar-refractivity contribution in [1.82, 2.24) is 4.90 Å². The first kappa shape index (κ1) is 16.1. The van der Waals surface area contributed by atoms with E-state index in [-0.39, 0.29) is 11.8 Å². The lowest BCUT2D eigenvalue weighted by atomic mass is 10.0. The second-order valence-electron chi connectivity index (χ2n) is 6.21. The minimum atomic E-state index is -0.250. The van der Waals surface area contributed by atoms with E-state index < -0.39 is 0 Å². The highest BCUT2D eigenvalue weighted by atomic mass is 79.9. The van der Waals surface area contributed by atoms with Crippen LogP contribution in [0.1, 0.15) is 18.4 Å². The summed E-state index contributed by atoms with van der Waals surface area (Å²) in [6.07, 6.45) is 2.09. The molecule has 1 saturated heterocycles. The largest absolute Gasteiger partial charge is 0.366 e. The Labute approximate surface area is 154 Å². The molecule has 0 aliphatic carbocycles. The fourth-order valence-corrected chi connectivity index (χ4v) is 3.71. The molecule has 0 bridgehead atoms. The molecule has 0 aromatic heterocycles. The van der Waals surface area contributed by atoms with E-state index in [0.29, 0.717) is 17.0 Å². The minimum absolute atomic E-state index is 0.229. The molecule has 0 atom stereocenters. The van der Waals surface area contributed by atoms with E-state index in [1.54, 1.807) is 12.1 Å². The smallest absolute Gasteiger partial charge is 0.282 e. The molecule has 2 aromatic carbocycles. The molecule has 0 unspecified atom stereocenters. The van der Waals surface area contributed by atoms with Gasteiger partial charge in [0.2, 0.25) is 0 Å². The lowest BCUT2D eigenvalue weighted by Crippen LogP contribution is -2.34. The summed E-state index contributed by atoms with van der Waals surface area (Å²) in [5.41, 5.74) is 2.44. The number of benzene rings is 2. The van der Waals surface area contributed by atoms with Gasteiger partial charge in [-0.05, 0) is 42.7 Å². The molecule has 2 amide bonds. The number of hydrogen-bond acceptors (Lipinski definition) is 3. The van der Waals surface area contributed by atoms with Crippen molar-refractivity contribution in [1.29, 1.82) is 0 Å². The Morgan fingerprint density at radius 2 is 1.44 bits per heavy atom. The summed E-state index contributed by atoms with van der Waals surface area (Å²) >= 11 is 3.39. The normalized spacial score (nSPS) is 17.8. The van der Waals surface area contributed by atoms with Crippen molar-refractivity contribution in [3.8, 4) is 0 Å². The number of nitrogens with zero attached hydrogens (tertiary/aromatic N) is 2. The lowest BCUT2D eigenvalue weighted by molar-refractivity contribution is -0.120. The molecule has 1 fully saturated rings. The molecule has 2 aliphatic rings. The van der Waals surface area contributed by atoms with E-state index in [4.69, 9.17) is 0 Å². The summed E-state index contributed by atoms with van der Waals surface area (Å²) in [6.45, 7) is 1.64. The molecule has 4 rings (SSSR count). The number of rotatable bonds is 3. The van der Waals surface area contributed by atoms with E-state index >= 15 is 0 Å². The zero-order chi connectivity index (χ0) is 17.4. The van der Waals surface area contributed by atoms with Gasteiger partial charge in [-0.1, -0.05) is 46.3 Å². The van der Waals surface area contributed by atoms with E-state index in [1.807, 2.05) is 42.5 Å². The second-order valence-corrected chi connectivity index (χ2v) is 7.12. The second kappa shape index (κ2) is 6.48. The van der Waals surface area contributed by atoms with E-state index in [1.165, 1.54) is 4.90 Å². The Bertz CT molecular complexity index is 853. The third kappa shape index (κ3) is 2.78. The third-order valence-electron chi connectivity index (χ3n) is 4.63. The van der Waals surface area contributed by atoms with Crippen molar-refractivity contribution in [2.24, 2.45) is 0 Å². The van der Waals surface area contributed by atoms with Crippen LogP contribution in [0.4, 0.5) is 5.69 Å². The Balaban J connectivity index is 1.82. The predicted molar refractivity (Wildman–Crippen MR) is 101 cm³/mol. The number of halogens is 1. The Morgan fingerprint density at radius 1 is 0.800 bits per heavy atom. The minimum Gasteiger partial charge on any atom is -0.366 e. The lowest BCUT2D eigenvalue weighted by Gasteiger charge is -2.20. The number of imide groups is 1.